The van der Waals surface area contributed by atoms with Crippen LogP contribution in [0.5, 0.6) is 0 Å². The van der Waals surface area contributed by atoms with Crippen molar-refractivity contribution >= 4 is 48.3 Å². The fourth-order valence-corrected chi connectivity index (χ4v) is 5.24. The van der Waals surface area contributed by atoms with Crippen LogP contribution in [-0.2, 0) is 26.9 Å². The summed E-state index contributed by atoms with van der Waals surface area (Å²) in [6.07, 6.45) is 1.45. The molecule has 0 saturated carbocycles. The van der Waals surface area contributed by atoms with Gasteiger partial charge in [0, 0.05) is 32.8 Å². The molecule has 0 atom stereocenters. The van der Waals surface area contributed by atoms with E-state index in [-0.39, 0.29) is 22.9 Å². The molecule has 5 nitrogen and oxygen atoms in total. The van der Waals surface area contributed by atoms with Crippen LogP contribution in [0.3, 0.4) is 0 Å². The fraction of sp³-hybridized carbons (Fsp3) is 0.0870. The van der Waals surface area contributed by atoms with E-state index < -0.39 is 21.4 Å². The van der Waals surface area contributed by atoms with Crippen molar-refractivity contribution in [3.8, 4) is 0 Å². The van der Waals surface area contributed by atoms with Crippen LogP contribution in [0.4, 0.5) is 10.1 Å². The van der Waals surface area contributed by atoms with E-state index in [1.807, 2.05) is 12.1 Å². The molecule has 0 aliphatic heterocycles. The van der Waals surface area contributed by atoms with Gasteiger partial charge in [-0.15, -0.1) is 0 Å². The molecule has 158 valence electrons. The number of sulfone groups is 1. The minimum absolute atomic E-state index is 0.0637. The Morgan fingerprint density at radius 2 is 1.65 bits per heavy atom. The van der Waals surface area contributed by atoms with Crippen LogP contribution < -0.4 is 5.32 Å². The van der Waals surface area contributed by atoms with Gasteiger partial charge < -0.3 is 9.88 Å². The van der Waals surface area contributed by atoms with Crippen molar-refractivity contribution < 1.29 is 17.6 Å². The average Bonchev–Trinajstić information content (AvgIpc) is 3.11. The average molecular weight is 501 g/mol. The van der Waals surface area contributed by atoms with Crippen molar-refractivity contribution in [2.45, 2.75) is 17.2 Å². The predicted molar refractivity (Wildman–Crippen MR) is 122 cm³/mol. The number of hydrogen-bond donors (Lipinski definition) is 1. The molecular formula is C23H18BrFN2O3S. The Balaban J connectivity index is 1.65. The Hall–Kier alpha value is -2.97. The smallest absolute Gasteiger partial charge is 0.244 e. The van der Waals surface area contributed by atoms with Gasteiger partial charge in [-0.3, -0.25) is 4.79 Å². The molecule has 0 radical (unpaired) electrons. The SMILES string of the molecule is O=C(Cn1cc(S(=O)(=O)Cc2ccccc2F)c2ccccc21)Nc1ccc(Br)cc1. The number of carbonyl (C=O) groups excluding carboxylic acids is 1. The largest absolute Gasteiger partial charge is 0.337 e. The summed E-state index contributed by atoms with van der Waals surface area (Å²) in [7, 11) is -3.84. The zero-order valence-corrected chi connectivity index (χ0v) is 18.7. The molecule has 8 heteroatoms. The first-order valence-corrected chi connectivity index (χ1v) is 11.9. The molecule has 1 heterocycles. The molecule has 4 rings (SSSR count). The second-order valence-electron chi connectivity index (χ2n) is 7.04. The highest BCUT2D eigenvalue weighted by Crippen LogP contribution is 2.28. The molecule has 4 aromatic rings. The highest BCUT2D eigenvalue weighted by Gasteiger charge is 2.23. The van der Waals surface area contributed by atoms with Crippen LogP contribution in [0, 0.1) is 5.82 Å². The third-order valence-electron chi connectivity index (χ3n) is 4.83. The highest BCUT2D eigenvalue weighted by atomic mass is 79.9. The number of amides is 1. The Morgan fingerprint density at radius 1 is 0.968 bits per heavy atom. The summed E-state index contributed by atoms with van der Waals surface area (Å²) in [5.41, 5.74) is 1.35. The van der Waals surface area contributed by atoms with Gasteiger partial charge in [0.15, 0.2) is 9.84 Å². The van der Waals surface area contributed by atoms with Crippen LogP contribution >= 0.6 is 15.9 Å². The molecule has 0 spiro atoms. The predicted octanol–water partition coefficient (Wildman–Crippen LogP) is 5.16. The Bertz CT molecular complexity index is 1370. The number of carbonyl (C=O) groups is 1. The van der Waals surface area contributed by atoms with Crippen molar-refractivity contribution in [3.05, 3.63) is 94.8 Å². The van der Waals surface area contributed by atoms with Gasteiger partial charge in [0.2, 0.25) is 5.91 Å². The molecule has 0 saturated heterocycles. The number of para-hydroxylation sites is 1. The molecule has 1 N–H and O–H groups in total. The third-order valence-corrected chi connectivity index (χ3v) is 7.05. The molecule has 0 fully saturated rings. The molecular weight excluding hydrogens is 483 g/mol. The lowest BCUT2D eigenvalue weighted by atomic mass is 10.2. The number of benzene rings is 3. The number of anilines is 1. The van der Waals surface area contributed by atoms with E-state index in [0.29, 0.717) is 16.6 Å². The maximum Gasteiger partial charge on any atom is 0.244 e. The lowest BCUT2D eigenvalue weighted by Gasteiger charge is -2.07. The first-order valence-electron chi connectivity index (χ1n) is 9.43. The van der Waals surface area contributed by atoms with Gasteiger partial charge >= 0.3 is 0 Å². The number of fused-ring (bicyclic) bond motifs is 1. The Morgan fingerprint density at radius 3 is 2.39 bits per heavy atom. The van der Waals surface area contributed by atoms with E-state index >= 15 is 0 Å². The zero-order valence-electron chi connectivity index (χ0n) is 16.3. The van der Waals surface area contributed by atoms with E-state index in [1.54, 1.807) is 47.0 Å². The van der Waals surface area contributed by atoms with Crippen LogP contribution in [0.25, 0.3) is 10.9 Å². The molecule has 0 bridgehead atoms. The quantitative estimate of drug-likeness (QED) is 0.397. The Labute approximate surface area is 187 Å². The van der Waals surface area contributed by atoms with Gasteiger partial charge in [-0.1, -0.05) is 52.3 Å². The molecule has 0 aliphatic rings. The second kappa shape index (κ2) is 8.64. The van der Waals surface area contributed by atoms with E-state index in [2.05, 4.69) is 21.2 Å². The third kappa shape index (κ3) is 4.70. The topological polar surface area (TPSA) is 68.2 Å². The maximum atomic E-state index is 14.0. The first kappa shape index (κ1) is 21.3. The summed E-state index contributed by atoms with van der Waals surface area (Å²) >= 11 is 3.34. The maximum absolute atomic E-state index is 14.0. The minimum atomic E-state index is -3.84. The molecule has 1 amide bonds. The van der Waals surface area contributed by atoms with E-state index in [9.17, 15) is 17.6 Å². The summed E-state index contributed by atoms with van der Waals surface area (Å²) in [4.78, 5) is 12.6. The lowest BCUT2D eigenvalue weighted by molar-refractivity contribution is -0.116. The van der Waals surface area contributed by atoms with Gasteiger partial charge in [-0.05, 0) is 36.4 Å². The molecule has 31 heavy (non-hydrogen) atoms. The standard InChI is InChI=1S/C23H18BrFN2O3S/c24-17-9-11-18(12-10-17)26-23(28)14-27-13-22(19-6-2-4-8-21(19)27)31(29,30)15-16-5-1-3-7-20(16)25/h1-13H,14-15H2,(H,26,28). The Kier molecular flexibility index (Phi) is 5.93. The van der Waals surface area contributed by atoms with Gasteiger partial charge in [-0.25, -0.2) is 12.8 Å². The van der Waals surface area contributed by atoms with Crippen molar-refractivity contribution in [1.82, 2.24) is 4.57 Å². The van der Waals surface area contributed by atoms with Crippen LogP contribution in [-0.4, -0.2) is 18.9 Å². The summed E-state index contributed by atoms with van der Waals surface area (Å²) in [6.45, 7) is -0.0637. The molecule has 0 unspecified atom stereocenters. The van der Waals surface area contributed by atoms with Gasteiger partial charge in [0.05, 0.1) is 10.6 Å². The van der Waals surface area contributed by atoms with Crippen LogP contribution in [0.15, 0.2) is 88.4 Å². The van der Waals surface area contributed by atoms with Crippen LogP contribution in [0.2, 0.25) is 0 Å². The number of nitrogens with one attached hydrogen (secondary N) is 1. The summed E-state index contributed by atoms with van der Waals surface area (Å²) in [6, 6.07) is 19.9. The van der Waals surface area contributed by atoms with E-state index in [0.717, 1.165) is 4.47 Å². The number of hydrogen-bond acceptors (Lipinski definition) is 3. The van der Waals surface area contributed by atoms with E-state index in [4.69, 9.17) is 0 Å². The molecule has 1 aromatic heterocycles. The van der Waals surface area contributed by atoms with Gasteiger partial charge in [0.1, 0.15) is 12.4 Å². The summed E-state index contributed by atoms with van der Waals surface area (Å²) in [5.74, 6) is -1.32. The number of halogens is 2. The highest BCUT2D eigenvalue weighted by molar-refractivity contribution is 9.10. The lowest BCUT2D eigenvalue weighted by Crippen LogP contribution is -2.18. The van der Waals surface area contributed by atoms with Crippen molar-refractivity contribution in [1.29, 1.82) is 0 Å². The molecule has 3 aromatic carbocycles. The van der Waals surface area contributed by atoms with Gasteiger partial charge in [0.25, 0.3) is 0 Å². The number of rotatable bonds is 6. The normalized spacial score (nSPS) is 11.5. The van der Waals surface area contributed by atoms with Crippen molar-refractivity contribution in [2.24, 2.45) is 0 Å². The number of aromatic nitrogens is 1. The van der Waals surface area contributed by atoms with Crippen molar-refractivity contribution in [2.75, 3.05) is 5.32 Å². The minimum Gasteiger partial charge on any atom is -0.337 e. The zero-order chi connectivity index (χ0) is 22.0. The fourth-order valence-electron chi connectivity index (χ4n) is 3.38. The second-order valence-corrected chi connectivity index (χ2v) is 9.92. The van der Waals surface area contributed by atoms with Gasteiger partial charge in [-0.2, -0.15) is 0 Å². The summed E-state index contributed by atoms with van der Waals surface area (Å²) < 4.78 is 42.7. The monoisotopic (exact) mass is 500 g/mol. The molecule has 0 aliphatic carbocycles. The van der Waals surface area contributed by atoms with Crippen LogP contribution in [0.1, 0.15) is 5.56 Å². The summed E-state index contributed by atoms with van der Waals surface area (Å²) in [5, 5.41) is 3.29. The van der Waals surface area contributed by atoms with E-state index in [1.165, 1.54) is 24.4 Å². The first-order chi connectivity index (χ1) is 14.8. The number of nitrogens with zero attached hydrogens (tertiary/aromatic N) is 1. The van der Waals surface area contributed by atoms with Crippen molar-refractivity contribution in [3.63, 3.8) is 0 Å².